The van der Waals surface area contributed by atoms with Gasteiger partial charge in [-0.1, -0.05) is 72.5 Å². The second-order valence-electron chi connectivity index (χ2n) is 14.0. The van der Waals surface area contributed by atoms with Crippen LogP contribution in [0.1, 0.15) is 112 Å². The zero-order chi connectivity index (χ0) is 23.3. The minimum Gasteiger partial charge on any atom is -0.481 e. The number of rotatable bonds is 2. The van der Waals surface area contributed by atoms with Gasteiger partial charge in [0.05, 0.1) is 5.41 Å². The molecule has 5 aliphatic rings. The van der Waals surface area contributed by atoms with Gasteiger partial charge >= 0.3 is 5.97 Å². The van der Waals surface area contributed by atoms with Gasteiger partial charge in [0, 0.05) is 5.41 Å². The van der Waals surface area contributed by atoms with E-state index in [9.17, 15) is 9.90 Å². The van der Waals surface area contributed by atoms with Crippen LogP contribution in [0, 0.1) is 56.7 Å². The van der Waals surface area contributed by atoms with E-state index in [0.29, 0.717) is 5.92 Å². The van der Waals surface area contributed by atoms with E-state index < -0.39 is 11.4 Å². The summed E-state index contributed by atoms with van der Waals surface area (Å²) in [5.74, 6) is 3.37. The molecule has 2 nitrogen and oxygen atoms in total. The molecule has 0 amide bonds. The Hall–Kier alpha value is -0.790. The number of hydrogen-bond acceptors (Lipinski definition) is 1. The lowest BCUT2D eigenvalue weighted by Gasteiger charge is -2.77. The van der Waals surface area contributed by atoms with E-state index in [-0.39, 0.29) is 21.7 Å². The highest BCUT2D eigenvalue weighted by Gasteiger charge is 2.81. The van der Waals surface area contributed by atoms with Crippen molar-refractivity contribution < 1.29 is 9.90 Å². The molecule has 32 heavy (non-hydrogen) atoms. The summed E-state index contributed by atoms with van der Waals surface area (Å²) in [7, 11) is 0. The summed E-state index contributed by atoms with van der Waals surface area (Å²) in [6, 6.07) is 0. The van der Waals surface area contributed by atoms with Crippen LogP contribution in [-0.4, -0.2) is 11.1 Å². The summed E-state index contributed by atoms with van der Waals surface area (Å²) < 4.78 is 0. The van der Waals surface area contributed by atoms with Crippen LogP contribution in [-0.2, 0) is 4.79 Å². The smallest absolute Gasteiger partial charge is 0.311 e. The van der Waals surface area contributed by atoms with Crippen LogP contribution >= 0.6 is 0 Å². The summed E-state index contributed by atoms with van der Waals surface area (Å²) in [6.45, 7) is 19.0. The third-order valence-corrected chi connectivity index (χ3v) is 13.7. The van der Waals surface area contributed by atoms with Crippen molar-refractivity contribution in [1.29, 1.82) is 0 Å². The third-order valence-electron chi connectivity index (χ3n) is 13.7. The van der Waals surface area contributed by atoms with E-state index in [1.165, 1.54) is 56.9 Å². The summed E-state index contributed by atoms with van der Waals surface area (Å²) >= 11 is 0. The molecule has 2 heteroatoms. The summed E-state index contributed by atoms with van der Waals surface area (Å²) in [6.07, 6.45) is 14.0. The topological polar surface area (TPSA) is 37.3 Å². The summed E-state index contributed by atoms with van der Waals surface area (Å²) in [4.78, 5) is 13.4. The molecule has 0 saturated heterocycles. The Balaban J connectivity index is 1.72. The normalized spacial score (nSPS) is 51.0. The molecule has 0 bridgehead atoms. The molecule has 0 aliphatic heterocycles. The first-order chi connectivity index (χ1) is 14.9. The molecule has 180 valence electrons. The molecule has 1 N–H and O–H groups in total. The van der Waals surface area contributed by atoms with E-state index >= 15 is 0 Å². The van der Waals surface area contributed by atoms with E-state index in [2.05, 4.69) is 48.1 Å². The number of carbonyl (C=O) groups is 1. The number of carboxylic acid groups (broad SMARTS) is 1. The van der Waals surface area contributed by atoms with Crippen molar-refractivity contribution in [1.82, 2.24) is 0 Å². The maximum Gasteiger partial charge on any atom is 0.311 e. The lowest BCUT2D eigenvalue weighted by atomic mass is 9.25. The summed E-state index contributed by atoms with van der Waals surface area (Å²) in [5.41, 5.74) is 0.0241. The van der Waals surface area contributed by atoms with E-state index in [4.69, 9.17) is 0 Å². The van der Waals surface area contributed by atoms with E-state index in [1.807, 2.05) is 0 Å². The van der Waals surface area contributed by atoms with Gasteiger partial charge in [0.2, 0.25) is 0 Å². The molecule has 0 aromatic carbocycles. The van der Waals surface area contributed by atoms with Crippen molar-refractivity contribution in [2.45, 2.75) is 112 Å². The maximum absolute atomic E-state index is 13.4. The first kappa shape index (κ1) is 23.0. The molecule has 8 unspecified atom stereocenters. The first-order valence-electron chi connectivity index (χ1n) is 13.8. The van der Waals surface area contributed by atoms with Gasteiger partial charge in [-0.05, 0) is 97.7 Å². The molecule has 0 aromatic heterocycles. The molecule has 0 spiro atoms. The highest BCUT2D eigenvalue weighted by atomic mass is 16.4. The molecule has 8 atom stereocenters. The van der Waals surface area contributed by atoms with E-state index in [1.54, 1.807) is 0 Å². The molecule has 0 heterocycles. The standard InChI is InChI=1S/C30H48O2/c1-19(2)29-17-10-18-30(29,25(31)32)27(5,6)26(3,4)28(7)23-15-13-20-11-8-9-12-21(20)22(23)14-16-24(28)29/h20-24H,1,8-18H2,2-7H3,(H,31,32). The fourth-order valence-corrected chi connectivity index (χ4v) is 11.9. The van der Waals surface area contributed by atoms with Crippen molar-refractivity contribution in [2.24, 2.45) is 56.7 Å². The SMILES string of the molecule is C=C(C)C12CCCC1(C(=O)O)C(C)(C)C(C)(C)C1(C)C3CCC4CCCCC4C3CCC21. The molecular formula is C30H48O2. The number of aliphatic carboxylic acids is 1. The fraction of sp³-hybridized carbons (Fsp3) is 0.900. The predicted octanol–water partition coefficient (Wildman–Crippen LogP) is 8.12. The first-order valence-corrected chi connectivity index (χ1v) is 13.8. The number of carboxylic acids is 1. The lowest BCUT2D eigenvalue weighted by Crippen LogP contribution is -2.75. The van der Waals surface area contributed by atoms with Gasteiger partial charge < -0.3 is 5.11 Å². The highest BCUT2D eigenvalue weighted by Crippen LogP contribution is 2.84. The van der Waals surface area contributed by atoms with Crippen LogP contribution in [0.2, 0.25) is 0 Å². The van der Waals surface area contributed by atoms with Gasteiger partial charge in [0.1, 0.15) is 0 Å². The van der Waals surface area contributed by atoms with Crippen molar-refractivity contribution in [3.05, 3.63) is 12.2 Å². The van der Waals surface area contributed by atoms with Gasteiger partial charge in [-0.15, -0.1) is 0 Å². The fourth-order valence-electron chi connectivity index (χ4n) is 11.9. The second-order valence-corrected chi connectivity index (χ2v) is 14.0. The van der Waals surface area contributed by atoms with Gasteiger partial charge in [-0.2, -0.15) is 0 Å². The van der Waals surface area contributed by atoms with Gasteiger partial charge in [-0.3, -0.25) is 4.79 Å². The Morgan fingerprint density at radius 1 is 0.812 bits per heavy atom. The van der Waals surface area contributed by atoms with Crippen molar-refractivity contribution in [3.63, 3.8) is 0 Å². The lowest BCUT2D eigenvalue weighted by molar-refractivity contribution is -0.293. The zero-order valence-electron chi connectivity index (χ0n) is 21.7. The Bertz CT molecular complexity index is 823. The average Bonchev–Trinajstić information content (AvgIpc) is 3.16. The predicted molar refractivity (Wildman–Crippen MR) is 131 cm³/mol. The molecule has 0 radical (unpaired) electrons. The van der Waals surface area contributed by atoms with Crippen molar-refractivity contribution >= 4 is 5.97 Å². The minimum absolute atomic E-state index is 0.0445. The van der Waals surface area contributed by atoms with Crippen molar-refractivity contribution in [3.8, 4) is 0 Å². The molecule has 5 rings (SSSR count). The molecule has 5 fully saturated rings. The van der Waals surface area contributed by atoms with Crippen LogP contribution < -0.4 is 0 Å². The number of fused-ring (bicyclic) bond motifs is 7. The van der Waals surface area contributed by atoms with Crippen LogP contribution in [0.4, 0.5) is 0 Å². The Morgan fingerprint density at radius 2 is 1.50 bits per heavy atom. The largest absolute Gasteiger partial charge is 0.481 e. The Kier molecular flexibility index (Phi) is 4.94. The quantitative estimate of drug-likeness (QED) is 0.440. The Labute approximate surface area is 197 Å². The molecular weight excluding hydrogens is 392 g/mol. The van der Waals surface area contributed by atoms with Crippen molar-refractivity contribution in [2.75, 3.05) is 0 Å². The molecule has 0 aromatic rings. The number of hydrogen-bond donors (Lipinski definition) is 1. The van der Waals surface area contributed by atoms with Gasteiger partial charge in [0.15, 0.2) is 0 Å². The van der Waals surface area contributed by atoms with Crippen LogP contribution in [0.5, 0.6) is 0 Å². The number of allylic oxidation sites excluding steroid dienone is 1. The van der Waals surface area contributed by atoms with Crippen LogP contribution in [0.25, 0.3) is 0 Å². The minimum atomic E-state index is -0.700. The second kappa shape index (κ2) is 6.88. The van der Waals surface area contributed by atoms with E-state index in [0.717, 1.165) is 42.9 Å². The maximum atomic E-state index is 13.4. The third kappa shape index (κ3) is 2.23. The highest BCUT2D eigenvalue weighted by molar-refractivity contribution is 5.79. The van der Waals surface area contributed by atoms with Crippen LogP contribution in [0.15, 0.2) is 12.2 Å². The monoisotopic (exact) mass is 440 g/mol. The summed E-state index contributed by atoms with van der Waals surface area (Å²) in [5, 5.41) is 11.0. The zero-order valence-corrected chi connectivity index (χ0v) is 21.7. The average molecular weight is 441 g/mol. The molecule has 5 saturated carbocycles. The van der Waals surface area contributed by atoms with Crippen LogP contribution in [0.3, 0.4) is 0 Å². The molecule has 5 aliphatic carbocycles. The Morgan fingerprint density at radius 3 is 2.16 bits per heavy atom. The van der Waals surface area contributed by atoms with Gasteiger partial charge in [-0.25, -0.2) is 0 Å². The van der Waals surface area contributed by atoms with Gasteiger partial charge in [0.25, 0.3) is 0 Å².